The second-order valence-electron chi connectivity index (χ2n) is 6.54. The highest BCUT2D eigenvalue weighted by Gasteiger charge is 2.35. The lowest BCUT2D eigenvalue weighted by molar-refractivity contribution is -0.129. The summed E-state index contributed by atoms with van der Waals surface area (Å²) >= 11 is 0. The van der Waals surface area contributed by atoms with Crippen molar-refractivity contribution in [3.63, 3.8) is 0 Å². The van der Waals surface area contributed by atoms with Gasteiger partial charge in [0.05, 0.1) is 5.54 Å². The summed E-state index contributed by atoms with van der Waals surface area (Å²) in [6.07, 6.45) is 2.65. The highest BCUT2D eigenvalue weighted by molar-refractivity contribution is 14.0. The van der Waals surface area contributed by atoms with Crippen molar-refractivity contribution in [3.05, 3.63) is 0 Å². The zero-order chi connectivity index (χ0) is 15.5. The fourth-order valence-electron chi connectivity index (χ4n) is 2.57. The molecule has 0 aromatic rings. The lowest BCUT2D eigenvalue weighted by Gasteiger charge is -2.43. The van der Waals surface area contributed by atoms with E-state index in [-0.39, 0.29) is 29.9 Å². The van der Waals surface area contributed by atoms with Crippen LogP contribution >= 0.6 is 24.0 Å². The van der Waals surface area contributed by atoms with Crippen LogP contribution in [0.15, 0.2) is 4.99 Å². The van der Waals surface area contributed by atoms with Crippen LogP contribution < -0.4 is 11.1 Å². The van der Waals surface area contributed by atoms with E-state index in [1.54, 1.807) is 0 Å². The van der Waals surface area contributed by atoms with Gasteiger partial charge in [-0.05, 0) is 39.5 Å². The molecule has 0 unspecified atom stereocenters. The highest BCUT2D eigenvalue weighted by atomic mass is 127. The van der Waals surface area contributed by atoms with E-state index in [9.17, 15) is 4.79 Å². The third kappa shape index (κ3) is 4.97. The van der Waals surface area contributed by atoms with Gasteiger partial charge in [-0.1, -0.05) is 0 Å². The Labute approximate surface area is 150 Å². The van der Waals surface area contributed by atoms with Gasteiger partial charge in [-0.25, -0.2) is 0 Å². The summed E-state index contributed by atoms with van der Waals surface area (Å²) in [4.78, 5) is 20.8. The van der Waals surface area contributed by atoms with E-state index >= 15 is 0 Å². The Morgan fingerprint density at radius 1 is 1.27 bits per heavy atom. The standard InChI is InChI=1S/C15H29N5O.HI/c1-4-17-14(18-11-12-5-6-12)19-7-9-20(10-8-19)15(2,3)13(16)21;/h12H,4-11H2,1-3H3,(H2,16,21)(H,17,18);1H. The number of primary amides is 1. The first-order valence-electron chi connectivity index (χ1n) is 8.03. The number of amides is 1. The normalized spacial score (nSPS) is 20.5. The predicted molar refractivity (Wildman–Crippen MR) is 101 cm³/mol. The van der Waals surface area contributed by atoms with E-state index in [0.717, 1.165) is 51.1 Å². The second-order valence-corrected chi connectivity index (χ2v) is 6.54. The monoisotopic (exact) mass is 423 g/mol. The number of hydrogen-bond acceptors (Lipinski definition) is 3. The van der Waals surface area contributed by atoms with Crippen LogP contribution in [0.1, 0.15) is 33.6 Å². The lowest BCUT2D eigenvalue weighted by Crippen LogP contribution is -2.61. The zero-order valence-corrected chi connectivity index (χ0v) is 16.3. The van der Waals surface area contributed by atoms with E-state index in [2.05, 4.69) is 22.0 Å². The van der Waals surface area contributed by atoms with Crippen molar-refractivity contribution in [1.82, 2.24) is 15.1 Å². The lowest BCUT2D eigenvalue weighted by atomic mass is 10.0. The van der Waals surface area contributed by atoms with Gasteiger partial charge in [0.2, 0.25) is 5.91 Å². The molecule has 128 valence electrons. The number of piperazine rings is 1. The predicted octanol–water partition coefficient (Wildman–Crippen LogP) is 0.861. The summed E-state index contributed by atoms with van der Waals surface area (Å²) in [5.74, 6) is 1.56. The Morgan fingerprint density at radius 3 is 2.32 bits per heavy atom. The molecule has 1 amide bonds. The molecule has 1 saturated carbocycles. The van der Waals surface area contributed by atoms with E-state index in [0.29, 0.717) is 0 Å². The van der Waals surface area contributed by atoms with Gasteiger partial charge >= 0.3 is 0 Å². The molecule has 3 N–H and O–H groups in total. The van der Waals surface area contributed by atoms with Crippen LogP contribution in [0.2, 0.25) is 0 Å². The van der Waals surface area contributed by atoms with Crippen molar-refractivity contribution in [1.29, 1.82) is 0 Å². The van der Waals surface area contributed by atoms with Crippen molar-refractivity contribution in [3.8, 4) is 0 Å². The molecule has 7 heteroatoms. The van der Waals surface area contributed by atoms with Crippen molar-refractivity contribution in [2.24, 2.45) is 16.6 Å². The molecule has 1 heterocycles. The maximum Gasteiger partial charge on any atom is 0.237 e. The molecule has 0 aromatic heterocycles. The van der Waals surface area contributed by atoms with E-state index in [4.69, 9.17) is 10.7 Å². The van der Waals surface area contributed by atoms with Crippen molar-refractivity contribution < 1.29 is 4.79 Å². The average Bonchev–Trinajstić information content (AvgIpc) is 3.27. The molecular formula is C15H30IN5O. The van der Waals surface area contributed by atoms with Gasteiger partial charge in [0.25, 0.3) is 0 Å². The number of carbonyl (C=O) groups is 1. The third-order valence-corrected chi connectivity index (χ3v) is 4.50. The molecule has 0 spiro atoms. The minimum absolute atomic E-state index is 0. The molecule has 1 aliphatic carbocycles. The molecule has 6 nitrogen and oxygen atoms in total. The van der Waals surface area contributed by atoms with Gasteiger partial charge in [0.15, 0.2) is 5.96 Å². The largest absolute Gasteiger partial charge is 0.368 e. The highest BCUT2D eigenvalue weighted by Crippen LogP contribution is 2.28. The van der Waals surface area contributed by atoms with Crippen LogP contribution in [0.4, 0.5) is 0 Å². The van der Waals surface area contributed by atoms with Crippen molar-refractivity contribution in [2.45, 2.75) is 39.2 Å². The Kier molecular flexibility index (Phi) is 7.37. The number of rotatable bonds is 5. The number of hydrogen-bond donors (Lipinski definition) is 2. The zero-order valence-electron chi connectivity index (χ0n) is 14.0. The topological polar surface area (TPSA) is 74.0 Å². The van der Waals surface area contributed by atoms with Gasteiger partial charge in [-0.3, -0.25) is 14.7 Å². The van der Waals surface area contributed by atoms with E-state index in [1.807, 2.05) is 13.8 Å². The Balaban J connectivity index is 0.00000242. The fraction of sp³-hybridized carbons (Fsp3) is 0.867. The third-order valence-electron chi connectivity index (χ3n) is 4.50. The number of nitrogens with zero attached hydrogens (tertiary/aromatic N) is 3. The Hall–Kier alpha value is -0.570. The van der Waals surface area contributed by atoms with Gasteiger partial charge in [0.1, 0.15) is 0 Å². The number of guanidine groups is 1. The fourth-order valence-corrected chi connectivity index (χ4v) is 2.57. The van der Waals surface area contributed by atoms with Crippen LogP contribution in [0.5, 0.6) is 0 Å². The minimum atomic E-state index is -0.574. The Morgan fingerprint density at radius 2 is 1.86 bits per heavy atom. The number of halogens is 1. The molecule has 1 aliphatic heterocycles. The molecule has 0 aromatic carbocycles. The van der Waals surface area contributed by atoms with Gasteiger partial charge < -0.3 is 16.0 Å². The molecular weight excluding hydrogens is 393 g/mol. The van der Waals surface area contributed by atoms with Crippen molar-refractivity contribution in [2.75, 3.05) is 39.3 Å². The molecule has 2 fully saturated rings. The SMILES string of the molecule is CCNC(=NCC1CC1)N1CCN(C(C)(C)C(N)=O)CC1.I. The van der Waals surface area contributed by atoms with Gasteiger partial charge in [-0.2, -0.15) is 0 Å². The minimum Gasteiger partial charge on any atom is -0.368 e. The number of carbonyl (C=O) groups excluding carboxylic acids is 1. The Bertz CT molecular complexity index is 401. The first-order valence-corrected chi connectivity index (χ1v) is 8.03. The van der Waals surface area contributed by atoms with Crippen LogP contribution in [0.3, 0.4) is 0 Å². The van der Waals surface area contributed by atoms with Crippen LogP contribution in [-0.2, 0) is 4.79 Å². The molecule has 1 saturated heterocycles. The van der Waals surface area contributed by atoms with Crippen molar-refractivity contribution >= 4 is 35.8 Å². The first kappa shape index (κ1) is 19.5. The molecule has 2 rings (SSSR count). The molecule has 22 heavy (non-hydrogen) atoms. The number of nitrogens with two attached hydrogens (primary N) is 1. The van der Waals surface area contributed by atoms with Gasteiger partial charge in [-0.15, -0.1) is 24.0 Å². The summed E-state index contributed by atoms with van der Waals surface area (Å²) in [6.45, 7) is 11.2. The molecule has 2 aliphatic rings. The van der Waals surface area contributed by atoms with Crippen LogP contribution in [0, 0.1) is 5.92 Å². The van der Waals surface area contributed by atoms with Crippen LogP contribution in [0.25, 0.3) is 0 Å². The summed E-state index contributed by atoms with van der Waals surface area (Å²) < 4.78 is 0. The molecule has 0 bridgehead atoms. The van der Waals surface area contributed by atoms with Gasteiger partial charge in [0, 0.05) is 39.3 Å². The maximum atomic E-state index is 11.6. The van der Waals surface area contributed by atoms with E-state index < -0.39 is 5.54 Å². The molecule has 0 atom stereocenters. The number of aliphatic imine (C=N–C) groups is 1. The van der Waals surface area contributed by atoms with Crippen LogP contribution in [-0.4, -0.2) is 66.5 Å². The summed E-state index contributed by atoms with van der Waals surface area (Å²) in [5.41, 5.74) is 4.93. The second kappa shape index (κ2) is 8.33. The summed E-state index contributed by atoms with van der Waals surface area (Å²) in [6, 6.07) is 0. The quantitative estimate of drug-likeness (QED) is 0.391. The first-order chi connectivity index (χ1) is 9.95. The smallest absolute Gasteiger partial charge is 0.237 e. The summed E-state index contributed by atoms with van der Waals surface area (Å²) in [7, 11) is 0. The average molecular weight is 423 g/mol. The number of nitrogens with one attached hydrogen (secondary N) is 1. The maximum absolute atomic E-state index is 11.6. The summed E-state index contributed by atoms with van der Waals surface area (Å²) in [5, 5.41) is 3.38. The van der Waals surface area contributed by atoms with E-state index in [1.165, 1.54) is 12.8 Å². The molecule has 0 radical (unpaired) electrons.